The van der Waals surface area contributed by atoms with Crippen molar-refractivity contribution in [2.24, 2.45) is 5.84 Å². The van der Waals surface area contributed by atoms with Crippen LogP contribution in [0.4, 0.5) is 0 Å². The van der Waals surface area contributed by atoms with E-state index >= 15 is 0 Å². The third kappa shape index (κ3) is 2.68. The van der Waals surface area contributed by atoms with Crippen molar-refractivity contribution in [3.05, 3.63) is 66.4 Å². The minimum Gasteiger partial charge on any atom is -0.289 e. The quantitative estimate of drug-likeness (QED) is 0.390. The maximum Gasteiger partial charge on any atom is 0.283 e. The first kappa shape index (κ1) is 13.1. The zero-order valence-electron chi connectivity index (χ0n) is 11.2. The number of nitrogens with one attached hydrogen (secondary N) is 2. The smallest absolute Gasteiger partial charge is 0.283 e. The highest BCUT2D eigenvalue weighted by Crippen LogP contribution is 2.25. The highest BCUT2D eigenvalue weighted by Gasteiger charge is 2.10. The van der Waals surface area contributed by atoms with Gasteiger partial charge in [0.05, 0.1) is 5.69 Å². The van der Waals surface area contributed by atoms with Crippen LogP contribution < -0.4 is 11.3 Å². The van der Waals surface area contributed by atoms with Crippen molar-refractivity contribution in [3.63, 3.8) is 0 Å². The number of carbonyl (C=O) groups excluding carboxylic acids is 1. The van der Waals surface area contributed by atoms with Crippen LogP contribution in [0.1, 0.15) is 10.5 Å². The molecule has 0 aliphatic carbocycles. The van der Waals surface area contributed by atoms with E-state index in [0.29, 0.717) is 11.4 Å². The van der Waals surface area contributed by atoms with Gasteiger partial charge in [0.15, 0.2) is 0 Å². The first-order valence-corrected chi connectivity index (χ1v) is 6.50. The summed E-state index contributed by atoms with van der Waals surface area (Å²) < 4.78 is 0. The third-order valence-corrected chi connectivity index (χ3v) is 3.22. The SMILES string of the molecule is NNC(=O)c1cc(-c2cccc(-c3ccccc3)c2)n[nH]1. The fourth-order valence-electron chi connectivity index (χ4n) is 2.15. The summed E-state index contributed by atoms with van der Waals surface area (Å²) in [6.07, 6.45) is 0. The average molecular weight is 278 g/mol. The molecule has 2 aromatic carbocycles. The third-order valence-electron chi connectivity index (χ3n) is 3.22. The summed E-state index contributed by atoms with van der Waals surface area (Å²) in [6.45, 7) is 0. The zero-order chi connectivity index (χ0) is 14.7. The maximum absolute atomic E-state index is 11.4. The lowest BCUT2D eigenvalue weighted by molar-refractivity contribution is 0.0948. The van der Waals surface area contributed by atoms with E-state index < -0.39 is 5.91 Å². The van der Waals surface area contributed by atoms with Crippen molar-refractivity contribution in [1.82, 2.24) is 15.6 Å². The van der Waals surface area contributed by atoms with Crippen LogP contribution in [0.15, 0.2) is 60.7 Å². The molecule has 1 amide bonds. The average Bonchev–Trinajstić information content (AvgIpc) is 3.05. The second-order valence-corrected chi connectivity index (χ2v) is 4.59. The van der Waals surface area contributed by atoms with Crippen LogP contribution in [-0.2, 0) is 0 Å². The Labute approximate surface area is 121 Å². The Balaban J connectivity index is 1.97. The number of hydrazine groups is 1. The molecule has 0 aliphatic heterocycles. The Morgan fingerprint density at radius 2 is 1.67 bits per heavy atom. The fraction of sp³-hybridized carbons (Fsp3) is 0. The first-order chi connectivity index (χ1) is 10.3. The number of benzene rings is 2. The Morgan fingerprint density at radius 1 is 0.952 bits per heavy atom. The predicted molar refractivity (Wildman–Crippen MR) is 81.1 cm³/mol. The number of aromatic nitrogens is 2. The number of aromatic amines is 1. The summed E-state index contributed by atoms with van der Waals surface area (Å²) in [6, 6.07) is 19.8. The van der Waals surface area contributed by atoms with Gasteiger partial charge >= 0.3 is 0 Å². The van der Waals surface area contributed by atoms with Crippen LogP contribution in [0.3, 0.4) is 0 Å². The first-order valence-electron chi connectivity index (χ1n) is 6.50. The monoisotopic (exact) mass is 278 g/mol. The molecule has 5 heteroatoms. The van der Waals surface area contributed by atoms with E-state index in [9.17, 15) is 4.79 Å². The van der Waals surface area contributed by atoms with Gasteiger partial charge in [0, 0.05) is 5.56 Å². The molecule has 0 unspecified atom stereocenters. The molecule has 5 nitrogen and oxygen atoms in total. The van der Waals surface area contributed by atoms with Gasteiger partial charge in [-0.2, -0.15) is 5.10 Å². The van der Waals surface area contributed by atoms with Gasteiger partial charge in [-0.05, 0) is 23.3 Å². The zero-order valence-corrected chi connectivity index (χ0v) is 11.2. The second-order valence-electron chi connectivity index (χ2n) is 4.59. The van der Waals surface area contributed by atoms with Crippen molar-refractivity contribution in [3.8, 4) is 22.4 Å². The van der Waals surface area contributed by atoms with Gasteiger partial charge in [-0.3, -0.25) is 15.3 Å². The molecule has 104 valence electrons. The van der Waals surface area contributed by atoms with Crippen molar-refractivity contribution in [2.75, 3.05) is 0 Å². The van der Waals surface area contributed by atoms with E-state index in [-0.39, 0.29) is 0 Å². The lowest BCUT2D eigenvalue weighted by Gasteiger charge is -2.03. The molecule has 0 saturated carbocycles. The number of nitrogen functional groups attached to an aromatic ring is 1. The molecule has 0 radical (unpaired) electrons. The Hall–Kier alpha value is -2.92. The lowest BCUT2D eigenvalue weighted by atomic mass is 10.0. The Kier molecular flexibility index (Phi) is 3.49. The molecule has 3 rings (SSSR count). The van der Waals surface area contributed by atoms with Crippen LogP contribution >= 0.6 is 0 Å². The largest absolute Gasteiger partial charge is 0.289 e. The molecule has 0 saturated heterocycles. The normalized spacial score (nSPS) is 10.3. The van der Waals surface area contributed by atoms with Gasteiger partial charge in [0.2, 0.25) is 0 Å². The molecule has 1 aromatic heterocycles. The molecule has 21 heavy (non-hydrogen) atoms. The minimum atomic E-state index is -0.395. The van der Waals surface area contributed by atoms with Crippen LogP contribution in [0, 0.1) is 0 Å². The summed E-state index contributed by atoms with van der Waals surface area (Å²) in [4.78, 5) is 11.4. The number of hydrogen-bond acceptors (Lipinski definition) is 3. The fourth-order valence-corrected chi connectivity index (χ4v) is 2.15. The van der Waals surface area contributed by atoms with E-state index in [4.69, 9.17) is 5.84 Å². The highest BCUT2D eigenvalue weighted by atomic mass is 16.2. The standard InChI is InChI=1S/C16H14N4O/c17-18-16(21)15-10-14(19-20-15)13-8-4-7-12(9-13)11-5-2-1-3-6-11/h1-10H,17H2,(H,18,21)(H,19,20). The van der Waals surface area contributed by atoms with E-state index in [0.717, 1.165) is 16.7 Å². The van der Waals surface area contributed by atoms with Crippen molar-refractivity contribution < 1.29 is 4.79 Å². The lowest BCUT2D eigenvalue weighted by Crippen LogP contribution is -2.30. The molecule has 0 bridgehead atoms. The van der Waals surface area contributed by atoms with E-state index in [1.807, 2.05) is 42.5 Å². The van der Waals surface area contributed by atoms with Crippen molar-refractivity contribution in [2.45, 2.75) is 0 Å². The van der Waals surface area contributed by atoms with Crippen LogP contribution in [0.5, 0.6) is 0 Å². The summed E-state index contributed by atoms with van der Waals surface area (Å²) in [5.41, 5.74) is 6.27. The van der Waals surface area contributed by atoms with Gasteiger partial charge in [-0.1, -0.05) is 48.5 Å². The van der Waals surface area contributed by atoms with Gasteiger partial charge < -0.3 is 0 Å². The topological polar surface area (TPSA) is 83.8 Å². The summed E-state index contributed by atoms with van der Waals surface area (Å²) in [5, 5.41) is 6.82. The molecule has 1 heterocycles. The summed E-state index contributed by atoms with van der Waals surface area (Å²) >= 11 is 0. The molecular weight excluding hydrogens is 264 g/mol. The molecule has 0 aliphatic rings. The van der Waals surface area contributed by atoms with Gasteiger partial charge in [-0.15, -0.1) is 0 Å². The molecule has 0 spiro atoms. The van der Waals surface area contributed by atoms with Crippen molar-refractivity contribution >= 4 is 5.91 Å². The number of carbonyl (C=O) groups is 1. The predicted octanol–water partition coefficient (Wildman–Crippen LogP) is 2.35. The van der Waals surface area contributed by atoms with Crippen LogP contribution in [-0.4, -0.2) is 16.1 Å². The number of H-pyrrole nitrogens is 1. The van der Waals surface area contributed by atoms with Gasteiger partial charge in [0.25, 0.3) is 5.91 Å². The summed E-state index contributed by atoms with van der Waals surface area (Å²) in [5.74, 6) is 4.71. The highest BCUT2D eigenvalue weighted by molar-refractivity contribution is 5.93. The number of rotatable bonds is 3. The number of hydrogen-bond donors (Lipinski definition) is 3. The number of amides is 1. The minimum absolute atomic E-state index is 0.331. The van der Waals surface area contributed by atoms with Crippen LogP contribution in [0.25, 0.3) is 22.4 Å². The molecule has 0 fully saturated rings. The maximum atomic E-state index is 11.4. The van der Waals surface area contributed by atoms with Crippen molar-refractivity contribution in [1.29, 1.82) is 0 Å². The Morgan fingerprint density at radius 3 is 2.43 bits per heavy atom. The molecular formula is C16H14N4O. The van der Waals surface area contributed by atoms with Gasteiger partial charge in [-0.25, -0.2) is 5.84 Å². The van der Waals surface area contributed by atoms with E-state index in [1.54, 1.807) is 6.07 Å². The van der Waals surface area contributed by atoms with E-state index in [2.05, 4.69) is 27.8 Å². The van der Waals surface area contributed by atoms with E-state index in [1.165, 1.54) is 0 Å². The molecule has 3 aromatic rings. The second kappa shape index (κ2) is 5.60. The van der Waals surface area contributed by atoms with Gasteiger partial charge in [0.1, 0.15) is 5.69 Å². The molecule has 0 atom stereocenters. The Bertz CT molecular complexity index is 765. The number of nitrogens with zero attached hydrogens (tertiary/aromatic N) is 1. The molecule has 4 N–H and O–H groups in total. The number of nitrogens with two attached hydrogens (primary N) is 1. The van der Waals surface area contributed by atoms with Crippen LogP contribution in [0.2, 0.25) is 0 Å². The summed E-state index contributed by atoms with van der Waals surface area (Å²) in [7, 11) is 0.